The lowest BCUT2D eigenvalue weighted by Gasteiger charge is -2.12. The molecular formula is C18H17BrN2O6. The van der Waals surface area contributed by atoms with Gasteiger partial charge in [-0.15, -0.1) is 0 Å². The van der Waals surface area contributed by atoms with Crippen LogP contribution in [0, 0.1) is 10.1 Å². The first-order chi connectivity index (χ1) is 12.9. The van der Waals surface area contributed by atoms with E-state index < -0.39 is 10.8 Å². The SMILES string of the molecule is COc1cc(C=CC(=O)Nc2ccc([N+](=O)[O-])cc2Br)cc(OC)c1OC. The van der Waals surface area contributed by atoms with Crippen molar-refractivity contribution >= 4 is 39.3 Å². The molecule has 0 saturated heterocycles. The van der Waals surface area contributed by atoms with Crippen LogP contribution in [0.25, 0.3) is 6.08 Å². The molecule has 142 valence electrons. The number of carbonyl (C=O) groups excluding carboxylic acids is 1. The molecular weight excluding hydrogens is 420 g/mol. The van der Waals surface area contributed by atoms with Gasteiger partial charge in [0.1, 0.15) is 0 Å². The lowest BCUT2D eigenvalue weighted by Crippen LogP contribution is -2.08. The molecule has 0 spiro atoms. The van der Waals surface area contributed by atoms with E-state index in [1.165, 1.54) is 45.6 Å². The molecule has 0 saturated carbocycles. The second kappa shape index (κ2) is 9.04. The van der Waals surface area contributed by atoms with Crippen molar-refractivity contribution in [3.63, 3.8) is 0 Å². The van der Waals surface area contributed by atoms with Gasteiger partial charge in [-0.1, -0.05) is 0 Å². The summed E-state index contributed by atoms with van der Waals surface area (Å²) in [4.78, 5) is 22.4. The number of anilines is 1. The summed E-state index contributed by atoms with van der Waals surface area (Å²) in [7, 11) is 4.51. The predicted octanol–water partition coefficient (Wildman–Crippen LogP) is 4.04. The summed E-state index contributed by atoms with van der Waals surface area (Å²) in [6, 6.07) is 7.48. The van der Waals surface area contributed by atoms with Crippen molar-refractivity contribution in [1.29, 1.82) is 0 Å². The van der Waals surface area contributed by atoms with E-state index in [9.17, 15) is 14.9 Å². The van der Waals surface area contributed by atoms with Crippen LogP contribution in [0.1, 0.15) is 5.56 Å². The van der Waals surface area contributed by atoms with E-state index in [2.05, 4.69) is 21.2 Å². The van der Waals surface area contributed by atoms with E-state index in [4.69, 9.17) is 14.2 Å². The molecule has 0 aliphatic rings. The Morgan fingerprint density at radius 1 is 1.11 bits per heavy atom. The van der Waals surface area contributed by atoms with Gasteiger partial charge in [-0.25, -0.2) is 0 Å². The summed E-state index contributed by atoms with van der Waals surface area (Å²) in [6.45, 7) is 0. The van der Waals surface area contributed by atoms with E-state index in [1.807, 2.05) is 0 Å². The minimum Gasteiger partial charge on any atom is -0.493 e. The molecule has 0 aliphatic heterocycles. The average Bonchev–Trinajstić information content (AvgIpc) is 2.66. The highest BCUT2D eigenvalue weighted by Gasteiger charge is 2.13. The van der Waals surface area contributed by atoms with Gasteiger partial charge < -0.3 is 19.5 Å². The van der Waals surface area contributed by atoms with Crippen molar-refractivity contribution in [3.05, 3.63) is 56.6 Å². The number of amides is 1. The minimum absolute atomic E-state index is 0.0761. The van der Waals surface area contributed by atoms with Crippen molar-refractivity contribution in [3.8, 4) is 17.2 Å². The zero-order chi connectivity index (χ0) is 20.0. The van der Waals surface area contributed by atoms with Gasteiger partial charge >= 0.3 is 0 Å². The molecule has 0 radical (unpaired) electrons. The number of ether oxygens (including phenoxy) is 3. The first-order valence-corrected chi connectivity index (χ1v) is 8.42. The molecule has 27 heavy (non-hydrogen) atoms. The fourth-order valence-corrected chi connectivity index (χ4v) is 2.73. The Kier molecular flexibility index (Phi) is 6.78. The standard InChI is InChI=1S/C18H17BrN2O6/c1-25-15-8-11(9-16(26-2)18(15)27-3)4-7-17(22)20-14-6-5-12(21(23)24)10-13(14)19/h4-10H,1-3H3,(H,20,22). The van der Waals surface area contributed by atoms with Crippen LogP contribution in [0.2, 0.25) is 0 Å². The van der Waals surface area contributed by atoms with Gasteiger partial charge in [-0.3, -0.25) is 14.9 Å². The van der Waals surface area contributed by atoms with Crippen LogP contribution in [0.5, 0.6) is 17.2 Å². The number of rotatable bonds is 7. The Morgan fingerprint density at radius 2 is 1.74 bits per heavy atom. The molecule has 2 aromatic carbocycles. The summed E-state index contributed by atoms with van der Waals surface area (Å²) in [5.41, 5.74) is 1.01. The lowest BCUT2D eigenvalue weighted by atomic mass is 10.1. The number of hydrogen-bond acceptors (Lipinski definition) is 6. The minimum atomic E-state index is -0.513. The Morgan fingerprint density at radius 3 is 2.22 bits per heavy atom. The molecule has 1 amide bonds. The number of nitro benzene ring substituents is 1. The normalized spacial score (nSPS) is 10.5. The Labute approximate surface area is 164 Å². The van der Waals surface area contributed by atoms with Crippen LogP contribution in [0.3, 0.4) is 0 Å². The van der Waals surface area contributed by atoms with Gasteiger partial charge in [0, 0.05) is 22.7 Å². The Bertz CT molecular complexity index is 872. The van der Waals surface area contributed by atoms with Gasteiger partial charge in [-0.2, -0.15) is 0 Å². The number of nitrogens with one attached hydrogen (secondary N) is 1. The maximum atomic E-state index is 12.1. The quantitative estimate of drug-likeness (QED) is 0.399. The number of methoxy groups -OCH3 is 3. The van der Waals surface area contributed by atoms with Crippen LogP contribution in [0.15, 0.2) is 40.9 Å². The fraction of sp³-hybridized carbons (Fsp3) is 0.167. The first kappa shape index (κ1) is 20.2. The fourth-order valence-electron chi connectivity index (χ4n) is 2.26. The molecule has 9 heteroatoms. The number of non-ortho nitro benzene ring substituents is 1. The summed E-state index contributed by atoms with van der Waals surface area (Å²) in [6.07, 6.45) is 2.91. The summed E-state index contributed by atoms with van der Waals surface area (Å²) in [5.74, 6) is 0.986. The molecule has 1 N–H and O–H groups in total. The van der Waals surface area contributed by atoms with Gasteiger partial charge in [0.15, 0.2) is 11.5 Å². The van der Waals surface area contributed by atoms with E-state index in [-0.39, 0.29) is 5.69 Å². The topological polar surface area (TPSA) is 99.9 Å². The van der Waals surface area contributed by atoms with Crippen LogP contribution >= 0.6 is 15.9 Å². The van der Waals surface area contributed by atoms with Crippen LogP contribution in [-0.2, 0) is 4.79 Å². The number of nitrogens with zero attached hydrogens (tertiary/aromatic N) is 1. The molecule has 0 fully saturated rings. The predicted molar refractivity (Wildman–Crippen MR) is 105 cm³/mol. The largest absolute Gasteiger partial charge is 0.493 e. The van der Waals surface area contributed by atoms with E-state index in [0.717, 1.165) is 0 Å². The van der Waals surface area contributed by atoms with E-state index >= 15 is 0 Å². The highest BCUT2D eigenvalue weighted by Crippen LogP contribution is 2.38. The van der Waals surface area contributed by atoms with Crippen molar-refractivity contribution < 1.29 is 23.9 Å². The second-order valence-corrected chi connectivity index (χ2v) is 6.06. The van der Waals surface area contributed by atoms with Gasteiger partial charge in [0.25, 0.3) is 5.69 Å². The lowest BCUT2D eigenvalue weighted by molar-refractivity contribution is -0.384. The molecule has 2 rings (SSSR count). The Hall–Kier alpha value is -3.07. The van der Waals surface area contributed by atoms with E-state index in [0.29, 0.717) is 33.0 Å². The number of carbonyl (C=O) groups is 1. The van der Waals surface area contributed by atoms with Crippen molar-refractivity contribution in [2.24, 2.45) is 0 Å². The maximum Gasteiger partial charge on any atom is 0.270 e. The van der Waals surface area contributed by atoms with Gasteiger partial charge in [0.2, 0.25) is 11.7 Å². The third-order valence-electron chi connectivity index (χ3n) is 3.54. The molecule has 0 atom stereocenters. The molecule has 0 aromatic heterocycles. The van der Waals surface area contributed by atoms with Crippen molar-refractivity contribution in [2.45, 2.75) is 0 Å². The highest BCUT2D eigenvalue weighted by atomic mass is 79.9. The summed E-state index contributed by atoms with van der Waals surface area (Å²) in [5, 5.41) is 13.4. The van der Waals surface area contributed by atoms with Crippen LogP contribution < -0.4 is 19.5 Å². The number of nitro groups is 1. The van der Waals surface area contributed by atoms with Crippen molar-refractivity contribution in [2.75, 3.05) is 26.6 Å². The monoisotopic (exact) mass is 436 g/mol. The van der Waals surface area contributed by atoms with Gasteiger partial charge in [0.05, 0.1) is 31.9 Å². The molecule has 0 heterocycles. The smallest absolute Gasteiger partial charge is 0.270 e. The zero-order valence-electron chi connectivity index (χ0n) is 14.8. The third kappa shape index (κ3) is 4.98. The van der Waals surface area contributed by atoms with E-state index in [1.54, 1.807) is 18.2 Å². The maximum absolute atomic E-state index is 12.1. The first-order valence-electron chi connectivity index (χ1n) is 7.62. The summed E-state index contributed by atoms with van der Waals surface area (Å²) >= 11 is 3.20. The number of halogens is 1. The number of benzene rings is 2. The molecule has 8 nitrogen and oxygen atoms in total. The summed E-state index contributed by atoms with van der Waals surface area (Å²) < 4.78 is 16.2. The van der Waals surface area contributed by atoms with Crippen molar-refractivity contribution in [1.82, 2.24) is 0 Å². The molecule has 2 aromatic rings. The number of hydrogen-bond donors (Lipinski definition) is 1. The molecule has 0 bridgehead atoms. The van der Waals surface area contributed by atoms with Crippen LogP contribution in [0.4, 0.5) is 11.4 Å². The highest BCUT2D eigenvalue weighted by molar-refractivity contribution is 9.10. The average molecular weight is 437 g/mol. The zero-order valence-corrected chi connectivity index (χ0v) is 16.4. The molecule has 0 aliphatic carbocycles. The molecule has 0 unspecified atom stereocenters. The Balaban J connectivity index is 2.18. The second-order valence-electron chi connectivity index (χ2n) is 5.20. The van der Waals surface area contributed by atoms with Gasteiger partial charge in [-0.05, 0) is 45.8 Å². The van der Waals surface area contributed by atoms with Crippen LogP contribution in [-0.4, -0.2) is 32.2 Å². The third-order valence-corrected chi connectivity index (χ3v) is 4.19.